The number of esters is 2. The number of anilines is 1. The molecule has 1 aliphatic rings. The molecule has 5 heteroatoms. The van der Waals surface area contributed by atoms with Crippen LogP contribution in [0, 0.1) is 0 Å². The first-order valence-electron chi connectivity index (χ1n) is 7.11. The summed E-state index contributed by atoms with van der Waals surface area (Å²) >= 11 is 0. The Morgan fingerprint density at radius 1 is 1.04 bits per heavy atom. The SMILES string of the molecule is COC(=O)C1=C(Nc2ccccc2)C(=O)OC1c1ccccc1. The molecule has 0 aliphatic carbocycles. The van der Waals surface area contributed by atoms with Crippen molar-refractivity contribution in [2.75, 3.05) is 12.4 Å². The Bertz CT molecular complexity index is 753. The zero-order valence-electron chi connectivity index (χ0n) is 12.5. The van der Waals surface area contributed by atoms with E-state index in [1.54, 1.807) is 24.3 Å². The minimum atomic E-state index is -0.776. The summed E-state index contributed by atoms with van der Waals surface area (Å²) < 4.78 is 10.2. The lowest BCUT2D eigenvalue weighted by atomic mass is 10.0. The van der Waals surface area contributed by atoms with Crippen molar-refractivity contribution < 1.29 is 19.1 Å². The summed E-state index contributed by atoms with van der Waals surface area (Å²) in [7, 11) is 1.28. The van der Waals surface area contributed by atoms with Crippen LogP contribution in [0.2, 0.25) is 0 Å². The van der Waals surface area contributed by atoms with E-state index in [1.807, 2.05) is 36.4 Å². The van der Waals surface area contributed by atoms with E-state index in [0.717, 1.165) is 0 Å². The van der Waals surface area contributed by atoms with E-state index in [-0.39, 0.29) is 11.3 Å². The number of ether oxygens (including phenoxy) is 2. The van der Waals surface area contributed by atoms with E-state index in [9.17, 15) is 9.59 Å². The lowest BCUT2D eigenvalue weighted by Gasteiger charge is -2.12. The van der Waals surface area contributed by atoms with Crippen molar-refractivity contribution in [1.29, 1.82) is 0 Å². The maximum atomic E-state index is 12.2. The number of nitrogens with one attached hydrogen (secondary N) is 1. The number of cyclic esters (lactones) is 1. The summed E-state index contributed by atoms with van der Waals surface area (Å²) in [5.41, 5.74) is 1.69. The molecule has 0 saturated heterocycles. The topological polar surface area (TPSA) is 64.6 Å². The van der Waals surface area contributed by atoms with Gasteiger partial charge >= 0.3 is 11.9 Å². The molecule has 1 atom stereocenters. The molecule has 0 saturated carbocycles. The number of methoxy groups -OCH3 is 1. The van der Waals surface area contributed by atoms with Gasteiger partial charge in [-0.2, -0.15) is 0 Å². The van der Waals surface area contributed by atoms with Crippen LogP contribution in [0.4, 0.5) is 5.69 Å². The highest BCUT2D eigenvalue weighted by Crippen LogP contribution is 2.36. The number of carbonyl (C=O) groups excluding carboxylic acids is 2. The molecule has 23 heavy (non-hydrogen) atoms. The lowest BCUT2D eigenvalue weighted by molar-refractivity contribution is -0.141. The lowest BCUT2D eigenvalue weighted by Crippen LogP contribution is -2.14. The van der Waals surface area contributed by atoms with Gasteiger partial charge in [0.2, 0.25) is 0 Å². The normalized spacial score (nSPS) is 16.9. The van der Waals surface area contributed by atoms with Gasteiger partial charge in [0.25, 0.3) is 0 Å². The third kappa shape index (κ3) is 2.94. The molecule has 1 heterocycles. The molecule has 1 N–H and O–H groups in total. The monoisotopic (exact) mass is 309 g/mol. The molecule has 0 bridgehead atoms. The van der Waals surface area contributed by atoms with Gasteiger partial charge in [0, 0.05) is 5.69 Å². The van der Waals surface area contributed by atoms with Gasteiger partial charge in [0.1, 0.15) is 11.3 Å². The van der Waals surface area contributed by atoms with Crippen LogP contribution in [0.15, 0.2) is 71.9 Å². The Labute approximate surface area is 133 Å². The van der Waals surface area contributed by atoms with E-state index in [2.05, 4.69) is 5.32 Å². The fourth-order valence-corrected chi connectivity index (χ4v) is 2.43. The Hall–Kier alpha value is -3.08. The first kappa shape index (κ1) is 14.8. The quantitative estimate of drug-likeness (QED) is 0.880. The molecule has 2 aromatic rings. The predicted octanol–water partition coefficient (Wildman–Crippen LogP) is 2.82. The standard InChI is InChI=1S/C18H15NO4/c1-22-17(20)14-15(19-13-10-6-3-7-11-13)18(21)23-16(14)12-8-4-2-5-9-12/h2-11,16,19H,1H3. The molecule has 0 amide bonds. The maximum Gasteiger partial charge on any atom is 0.356 e. The van der Waals surface area contributed by atoms with Gasteiger partial charge in [-0.1, -0.05) is 48.5 Å². The Balaban J connectivity index is 2.03. The van der Waals surface area contributed by atoms with E-state index >= 15 is 0 Å². The van der Waals surface area contributed by atoms with Gasteiger partial charge < -0.3 is 14.8 Å². The fourth-order valence-electron chi connectivity index (χ4n) is 2.43. The summed E-state index contributed by atoms with van der Waals surface area (Å²) in [6.07, 6.45) is -0.776. The third-order valence-corrected chi connectivity index (χ3v) is 3.51. The highest BCUT2D eigenvalue weighted by Gasteiger charge is 2.40. The fraction of sp³-hybridized carbons (Fsp3) is 0.111. The van der Waals surface area contributed by atoms with Crippen molar-refractivity contribution in [2.45, 2.75) is 6.10 Å². The number of hydrogen-bond donors (Lipinski definition) is 1. The van der Waals surface area contributed by atoms with E-state index in [4.69, 9.17) is 9.47 Å². The molecule has 0 spiro atoms. The predicted molar refractivity (Wildman–Crippen MR) is 84.4 cm³/mol. The van der Waals surface area contributed by atoms with Crippen LogP contribution >= 0.6 is 0 Å². The van der Waals surface area contributed by atoms with Gasteiger partial charge in [0.05, 0.1) is 7.11 Å². The van der Waals surface area contributed by atoms with Crippen LogP contribution in [0.25, 0.3) is 0 Å². The number of carbonyl (C=O) groups is 2. The van der Waals surface area contributed by atoms with Crippen molar-refractivity contribution in [3.8, 4) is 0 Å². The number of hydrogen-bond acceptors (Lipinski definition) is 5. The van der Waals surface area contributed by atoms with Gasteiger partial charge in [0.15, 0.2) is 6.10 Å². The second kappa shape index (κ2) is 6.36. The minimum absolute atomic E-state index is 0.108. The second-order valence-corrected chi connectivity index (χ2v) is 4.97. The molecule has 5 nitrogen and oxygen atoms in total. The summed E-state index contributed by atoms with van der Waals surface area (Å²) in [6, 6.07) is 18.2. The smallest absolute Gasteiger partial charge is 0.356 e. The maximum absolute atomic E-state index is 12.2. The Morgan fingerprint density at radius 2 is 1.65 bits per heavy atom. The van der Waals surface area contributed by atoms with Crippen molar-refractivity contribution in [1.82, 2.24) is 0 Å². The second-order valence-electron chi connectivity index (χ2n) is 4.97. The average Bonchev–Trinajstić information content (AvgIpc) is 2.92. The first-order valence-corrected chi connectivity index (χ1v) is 7.11. The van der Waals surface area contributed by atoms with Gasteiger partial charge in [-0.05, 0) is 17.7 Å². The number of para-hydroxylation sites is 1. The minimum Gasteiger partial charge on any atom is -0.465 e. The van der Waals surface area contributed by atoms with Crippen molar-refractivity contribution in [3.05, 3.63) is 77.5 Å². The van der Waals surface area contributed by atoms with Gasteiger partial charge in [-0.25, -0.2) is 9.59 Å². The molecule has 116 valence electrons. The van der Waals surface area contributed by atoms with Crippen molar-refractivity contribution in [3.63, 3.8) is 0 Å². The van der Waals surface area contributed by atoms with Crippen LogP contribution < -0.4 is 5.32 Å². The Morgan fingerprint density at radius 3 is 2.26 bits per heavy atom. The molecule has 3 rings (SSSR count). The number of rotatable bonds is 4. The van der Waals surface area contributed by atoms with Crippen molar-refractivity contribution in [2.24, 2.45) is 0 Å². The first-order chi connectivity index (χ1) is 11.2. The zero-order chi connectivity index (χ0) is 16.2. The van der Waals surface area contributed by atoms with Crippen LogP contribution in [0.3, 0.4) is 0 Å². The molecule has 0 fully saturated rings. The Kier molecular flexibility index (Phi) is 4.10. The van der Waals surface area contributed by atoms with Gasteiger partial charge in [-0.3, -0.25) is 0 Å². The molecule has 0 radical (unpaired) electrons. The molecule has 1 aliphatic heterocycles. The largest absolute Gasteiger partial charge is 0.465 e. The zero-order valence-corrected chi connectivity index (χ0v) is 12.5. The van der Waals surface area contributed by atoms with Crippen molar-refractivity contribution >= 4 is 17.6 Å². The van der Waals surface area contributed by atoms with Crippen LogP contribution in [0.1, 0.15) is 11.7 Å². The number of benzene rings is 2. The molecule has 1 unspecified atom stereocenters. The average molecular weight is 309 g/mol. The molecule has 2 aromatic carbocycles. The van der Waals surface area contributed by atoms with Crippen LogP contribution in [0.5, 0.6) is 0 Å². The molecular formula is C18H15NO4. The summed E-state index contributed by atoms with van der Waals surface area (Å²) in [5, 5.41) is 2.96. The third-order valence-electron chi connectivity index (χ3n) is 3.51. The highest BCUT2D eigenvalue weighted by molar-refractivity contribution is 6.06. The van der Waals surface area contributed by atoms with Crippen LogP contribution in [-0.2, 0) is 19.1 Å². The molecule has 0 aromatic heterocycles. The van der Waals surface area contributed by atoms with E-state index < -0.39 is 18.0 Å². The van der Waals surface area contributed by atoms with Crippen LogP contribution in [-0.4, -0.2) is 19.0 Å². The summed E-state index contributed by atoms with van der Waals surface area (Å²) in [5.74, 6) is -1.17. The summed E-state index contributed by atoms with van der Waals surface area (Å²) in [4.78, 5) is 24.4. The van der Waals surface area contributed by atoms with E-state index in [1.165, 1.54) is 7.11 Å². The summed E-state index contributed by atoms with van der Waals surface area (Å²) in [6.45, 7) is 0. The molecular weight excluding hydrogens is 294 g/mol. The van der Waals surface area contributed by atoms with E-state index in [0.29, 0.717) is 11.3 Å². The van der Waals surface area contributed by atoms with Gasteiger partial charge in [-0.15, -0.1) is 0 Å². The highest BCUT2D eigenvalue weighted by atomic mass is 16.6.